The van der Waals surface area contributed by atoms with Crippen LogP contribution in [0.15, 0.2) is 48.9 Å². The maximum atomic E-state index is 13.0. The molecule has 11 nitrogen and oxygen atoms in total. The van der Waals surface area contributed by atoms with E-state index in [9.17, 15) is 22.8 Å². The van der Waals surface area contributed by atoms with Gasteiger partial charge in [0.25, 0.3) is 5.91 Å². The van der Waals surface area contributed by atoms with Crippen LogP contribution in [0.2, 0.25) is 0 Å². The van der Waals surface area contributed by atoms with E-state index in [0.717, 1.165) is 31.2 Å². The molecule has 5 rings (SSSR count). The summed E-state index contributed by atoms with van der Waals surface area (Å²) in [5.74, 6) is -0.584. The highest BCUT2D eigenvalue weighted by Gasteiger charge is 2.31. The number of aliphatic hydroxyl groups excluding tert-OH is 1. The average molecular weight is 583 g/mol. The monoisotopic (exact) mass is 582 g/mol. The molecule has 0 bridgehead atoms. The van der Waals surface area contributed by atoms with Gasteiger partial charge in [0.1, 0.15) is 23.7 Å². The number of hydrogen-bond acceptors (Lipinski definition) is 8. The Morgan fingerprint density at radius 3 is 2.62 bits per heavy atom. The molecule has 14 heteroatoms. The van der Waals surface area contributed by atoms with Gasteiger partial charge in [-0.1, -0.05) is 12.1 Å². The van der Waals surface area contributed by atoms with Crippen LogP contribution < -0.4 is 11.1 Å². The van der Waals surface area contributed by atoms with E-state index in [0.29, 0.717) is 54.6 Å². The Hall–Kier alpha value is -4.59. The number of hydrogen-bond donors (Lipinski definition) is 3. The van der Waals surface area contributed by atoms with Gasteiger partial charge in [-0.3, -0.25) is 9.59 Å². The van der Waals surface area contributed by atoms with Crippen LogP contribution in [0.4, 0.5) is 24.8 Å². The number of carbonyl (C=O) groups is 2. The number of nitrogens with one attached hydrogen (secondary N) is 1. The van der Waals surface area contributed by atoms with Crippen LogP contribution in [0.1, 0.15) is 54.1 Å². The number of nitrogens with zero attached hydrogens (tertiary/aromatic N) is 6. The zero-order chi connectivity index (χ0) is 29.9. The van der Waals surface area contributed by atoms with Gasteiger partial charge in [-0.05, 0) is 49.9 Å². The number of pyridine rings is 1. The quantitative estimate of drug-likeness (QED) is 0.263. The summed E-state index contributed by atoms with van der Waals surface area (Å²) in [4.78, 5) is 39.7. The average Bonchev–Trinajstić information content (AvgIpc) is 3.38. The second kappa shape index (κ2) is 12.1. The molecule has 1 unspecified atom stereocenters. The smallest absolute Gasteiger partial charge is 0.396 e. The minimum atomic E-state index is -4.56. The van der Waals surface area contributed by atoms with Crippen molar-refractivity contribution < 1.29 is 27.9 Å². The third kappa shape index (κ3) is 6.17. The highest BCUT2D eigenvalue weighted by atomic mass is 19.4. The number of aromatic nitrogens is 5. The summed E-state index contributed by atoms with van der Waals surface area (Å²) in [5.41, 5.74) is 7.18. The number of anilines is 2. The second-order valence-corrected chi connectivity index (χ2v) is 10.0. The summed E-state index contributed by atoms with van der Waals surface area (Å²) in [7, 11) is 0. The van der Waals surface area contributed by atoms with Crippen molar-refractivity contribution in [3.63, 3.8) is 0 Å². The molecule has 0 spiro atoms. The lowest BCUT2D eigenvalue weighted by Gasteiger charge is -2.33. The molecular weight excluding hydrogens is 553 g/mol. The number of aliphatic hydroxyl groups is 1. The van der Waals surface area contributed by atoms with E-state index >= 15 is 0 Å². The van der Waals surface area contributed by atoms with E-state index in [1.165, 1.54) is 18.5 Å². The van der Waals surface area contributed by atoms with Gasteiger partial charge >= 0.3 is 6.18 Å². The molecule has 220 valence electrons. The summed E-state index contributed by atoms with van der Waals surface area (Å²) in [6.45, 7) is 1.16. The summed E-state index contributed by atoms with van der Waals surface area (Å²) in [5, 5.41) is 16.8. The molecule has 1 aliphatic heterocycles. The van der Waals surface area contributed by atoms with Crippen LogP contribution in [0, 0.1) is 0 Å². The number of likely N-dealkylation sites (tertiary alicyclic amines) is 1. The standard InChI is InChI=1S/C28H29F3N8O3/c29-28(30,31)19-10-11-33-21(14-19)36-27(42)18-8-6-17(7-9-18)24-23-25(32)34-16-35-26(23)39(37-24)20-4-3-12-38(15-20)22(41)5-1-2-13-40/h6-11,14,16,20,40H,1-5,12-13,15H2,(H2,32,34,35)(H,33,36,42). The molecule has 4 N–H and O–H groups in total. The van der Waals surface area contributed by atoms with Crippen molar-refractivity contribution in [2.45, 2.75) is 44.3 Å². The Labute approximate surface area is 238 Å². The number of amides is 2. The highest BCUT2D eigenvalue weighted by Crippen LogP contribution is 2.34. The lowest BCUT2D eigenvalue weighted by Crippen LogP contribution is -2.41. The number of rotatable bonds is 8. The molecule has 3 aromatic heterocycles. The Bertz CT molecular complexity index is 1590. The van der Waals surface area contributed by atoms with Gasteiger partial charge in [0, 0.05) is 43.4 Å². The number of benzene rings is 1. The zero-order valence-electron chi connectivity index (χ0n) is 22.5. The maximum Gasteiger partial charge on any atom is 0.416 e. The van der Waals surface area contributed by atoms with E-state index in [-0.39, 0.29) is 35.8 Å². The van der Waals surface area contributed by atoms with E-state index in [4.69, 9.17) is 15.9 Å². The minimum Gasteiger partial charge on any atom is -0.396 e. The van der Waals surface area contributed by atoms with E-state index in [1.807, 2.05) is 4.90 Å². The van der Waals surface area contributed by atoms with Crippen LogP contribution >= 0.6 is 0 Å². The van der Waals surface area contributed by atoms with Crippen LogP contribution in [-0.2, 0) is 11.0 Å². The summed E-state index contributed by atoms with van der Waals surface area (Å²) >= 11 is 0. The first-order valence-electron chi connectivity index (χ1n) is 13.5. The number of unbranched alkanes of at least 4 members (excludes halogenated alkanes) is 1. The molecular formula is C28H29F3N8O3. The largest absolute Gasteiger partial charge is 0.416 e. The zero-order valence-corrected chi connectivity index (χ0v) is 22.5. The predicted molar refractivity (Wildman–Crippen MR) is 148 cm³/mol. The first-order valence-corrected chi connectivity index (χ1v) is 13.5. The fourth-order valence-corrected chi connectivity index (χ4v) is 5.02. The molecule has 1 fully saturated rings. The molecule has 0 aliphatic carbocycles. The van der Waals surface area contributed by atoms with E-state index in [1.54, 1.807) is 16.8 Å². The molecule has 1 aromatic carbocycles. The SMILES string of the molecule is Nc1ncnc2c1c(-c1ccc(C(=O)Nc3cc(C(F)(F)F)ccn3)cc1)nn2C1CCCN(C(=O)CCCCO)C1. The molecule has 4 heterocycles. The van der Waals surface area contributed by atoms with Crippen molar-refractivity contribution in [1.82, 2.24) is 29.6 Å². The first-order chi connectivity index (χ1) is 20.2. The summed E-state index contributed by atoms with van der Waals surface area (Å²) < 4.78 is 40.8. The van der Waals surface area contributed by atoms with Crippen LogP contribution in [0.5, 0.6) is 0 Å². The molecule has 1 saturated heterocycles. The molecule has 42 heavy (non-hydrogen) atoms. The Morgan fingerprint density at radius 2 is 1.88 bits per heavy atom. The Kier molecular flexibility index (Phi) is 8.34. The third-order valence-corrected chi connectivity index (χ3v) is 7.16. The topological polar surface area (TPSA) is 152 Å². The van der Waals surface area contributed by atoms with Gasteiger partial charge < -0.3 is 21.1 Å². The van der Waals surface area contributed by atoms with Crippen LogP contribution in [0.3, 0.4) is 0 Å². The van der Waals surface area contributed by atoms with E-state index in [2.05, 4.69) is 20.3 Å². The second-order valence-electron chi connectivity index (χ2n) is 10.0. The van der Waals surface area contributed by atoms with Gasteiger partial charge in [0.15, 0.2) is 5.65 Å². The van der Waals surface area contributed by atoms with Crippen LogP contribution in [-0.4, -0.2) is 66.2 Å². The van der Waals surface area contributed by atoms with Gasteiger partial charge in [0.2, 0.25) is 5.91 Å². The molecule has 0 radical (unpaired) electrons. The van der Waals surface area contributed by atoms with Gasteiger partial charge in [-0.25, -0.2) is 19.6 Å². The lowest BCUT2D eigenvalue weighted by atomic mass is 10.0. The molecule has 0 saturated carbocycles. The Morgan fingerprint density at radius 1 is 1.10 bits per heavy atom. The highest BCUT2D eigenvalue weighted by molar-refractivity contribution is 6.04. The first kappa shape index (κ1) is 28.9. The summed E-state index contributed by atoms with van der Waals surface area (Å²) in [6, 6.07) is 7.81. The number of carbonyl (C=O) groups excluding carboxylic acids is 2. The normalized spacial score (nSPS) is 15.6. The van der Waals surface area contributed by atoms with Crippen molar-refractivity contribution in [2.75, 3.05) is 30.7 Å². The Balaban J connectivity index is 1.38. The maximum absolute atomic E-state index is 13.0. The fourth-order valence-electron chi connectivity index (χ4n) is 5.02. The molecule has 4 aromatic rings. The lowest BCUT2D eigenvalue weighted by molar-refractivity contribution is -0.137. The number of piperidine rings is 1. The van der Waals surface area contributed by atoms with E-state index < -0.39 is 17.6 Å². The van der Waals surface area contributed by atoms with Gasteiger partial charge in [0.05, 0.1) is 17.0 Å². The molecule has 1 atom stereocenters. The minimum absolute atomic E-state index is 0.0353. The van der Waals surface area contributed by atoms with Gasteiger partial charge in [-0.15, -0.1) is 0 Å². The number of alkyl halides is 3. The number of nitrogen functional groups attached to an aromatic ring is 1. The van der Waals surface area contributed by atoms with Crippen molar-refractivity contribution in [3.05, 3.63) is 60.0 Å². The number of nitrogens with two attached hydrogens (primary N) is 1. The third-order valence-electron chi connectivity index (χ3n) is 7.16. The summed E-state index contributed by atoms with van der Waals surface area (Å²) in [6.07, 6.45) is 0.921. The van der Waals surface area contributed by atoms with Crippen molar-refractivity contribution in [2.24, 2.45) is 0 Å². The number of fused-ring (bicyclic) bond motifs is 1. The molecule has 2 amide bonds. The van der Waals surface area contributed by atoms with Gasteiger partial charge in [-0.2, -0.15) is 18.3 Å². The van der Waals surface area contributed by atoms with Crippen molar-refractivity contribution in [1.29, 1.82) is 0 Å². The van der Waals surface area contributed by atoms with Crippen molar-refractivity contribution in [3.8, 4) is 11.3 Å². The fraction of sp³-hybridized carbons (Fsp3) is 0.357. The van der Waals surface area contributed by atoms with Crippen LogP contribution in [0.25, 0.3) is 22.3 Å². The molecule has 1 aliphatic rings. The number of halogens is 3. The van der Waals surface area contributed by atoms with Crippen molar-refractivity contribution >= 4 is 34.5 Å². The predicted octanol–water partition coefficient (Wildman–Crippen LogP) is 4.07.